The predicted octanol–water partition coefficient (Wildman–Crippen LogP) is 5.43. The lowest BCUT2D eigenvalue weighted by Crippen LogP contribution is -2.36. The molecule has 0 spiro atoms. The number of halogens is 1. The van der Waals surface area contributed by atoms with Crippen molar-refractivity contribution in [3.63, 3.8) is 0 Å². The van der Waals surface area contributed by atoms with Crippen LogP contribution in [0, 0.1) is 0 Å². The Morgan fingerprint density at radius 3 is 2.25 bits per heavy atom. The van der Waals surface area contributed by atoms with Gasteiger partial charge in [0.2, 0.25) is 5.75 Å². The van der Waals surface area contributed by atoms with Crippen molar-refractivity contribution in [2.75, 3.05) is 26.6 Å². The van der Waals surface area contributed by atoms with Gasteiger partial charge in [-0.3, -0.25) is 4.98 Å². The first-order chi connectivity index (χ1) is 15.6. The lowest BCUT2D eigenvalue weighted by molar-refractivity contribution is 0.322. The molecule has 0 aliphatic heterocycles. The molecule has 1 aliphatic rings. The molecule has 1 fully saturated rings. The van der Waals surface area contributed by atoms with Crippen LogP contribution in [0.1, 0.15) is 31.2 Å². The first kappa shape index (κ1) is 22.5. The van der Waals surface area contributed by atoms with E-state index in [1.165, 1.54) is 0 Å². The number of ether oxygens (including phenoxy) is 3. The van der Waals surface area contributed by atoms with Crippen molar-refractivity contribution in [3.8, 4) is 17.2 Å². The fourth-order valence-electron chi connectivity index (χ4n) is 4.41. The summed E-state index contributed by atoms with van der Waals surface area (Å²) in [5.74, 6) is 1.99. The average Bonchev–Trinajstić information content (AvgIpc) is 2.82. The Morgan fingerprint density at radius 1 is 0.906 bits per heavy atom. The van der Waals surface area contributed by atoms with Crippen LogP contribution < -0.4 is 24.8 Å². The minimum absolute atomic E-state index is 0.454. The molecule has 1 saturated carbocycles. The van der Waals surface area contributed by atoms with Crippen molar-refractivity contribution in [2.45, 2.75) is 44.3 Å². The number of nitrogens with zero attached hydrogens (tertiary/aromatic N) is 1. The summed E-state index contributed by atoms with van der Waals surface area (Å²) in [5.41, 5.74) is 3.16. The van der Waals surface area contributed by atoms with Gasteiger partial charge in [0.25, 0.3) is 0 Å². The lowest BCUT2D eigenvalue weighted by Gasteiger charge is -2.31. The molecule has 1 aromatic heterocycles. The Hall–Kier alpha value is -2.70. The van der Waals surface area contributed by atoms with E-state index in [0.717, 1.165) is 54.4 Å². The van der Waals surface area contributed by atoms with Crippen molar-refractivity contribution < 1.29 is 14.2 Å². The van der Waals surface area contributed by atoms with E-state index in [0.29, 0.717) is 34.4 Å². The summed E-state index contributed by atoms with van der Waals surface area (Å²) < 4.78 is 16.3. The number of methoxy groups -OCH3 is 3. The van der Waals surface area contributed by atoms with Crippen LogP contribution in [0.15, 0.2) is 42.6 Å². The third kappa shape index (κ3) is 5.03. The molecule has 4 rings (SSSR count). The van der Waals surface area contributed by atoms with Crippen molar-refractivity contribution in [2.24, 2.45) is 0 Å². The molecule has 0 atom stereocenters. The summed E-state index contributed by atoms with van der Waals surface area (Å²) in [4.78, 5) is 4.44. The molecule has 2 N–H and O–H groups in total. The second-order valence-electron chi connectivity index (χ2n) is 8.13. The van der Waals surface area contributed by atoms with E-state index >= 15 is 0 Å². The molecule has 0 radical (unpaired) electrons. The zero-order valence-corrected chi connectivity index (χ0v) is 19.5. The fourth-order valence-corrected chi connectivity index (χ4v) is 4.57. The van der Waals surface area contributed by atoms with Crippen molar-refractivity contribution in [1.82, 2.24) is 10.3 Å². The first-order valence-electron chi connectivity index (χ1n) is 10.9. The number of aromatic nitrogens is 1. The topological polar surface area (TPSA) is 64.6 Å². The Balaban J connectivity index is 1.33. The molecule has 3 aromatic rings. The van der Waals surface area contributed by atoms with Crippen LogP contribution in [0.2, 0.25) is 5.02 Å². The summed E-state index contributed by atoms with van der Waals surface area (Å²) in [5, 5.41) is 9.24. The molecule has 170 valence electrons. The summed E-state index contributed by atoms with van der Waals surface area (Å²) in [6.07, 6.45) is 6.31. The third-order valence-electron chi connectivity index (χ3n) is 6.11. The van der Waals surface area contributed by atoms with E-state index in [1.807, 2.05) is 42.6 Å². The molecule has 2 aromatic carbocycles. The standard InChI is InChI=1S/C25H30ClN3O3/c1-30-23-12-16(13-24(31-2)25(23)32-3)15-28-18-5-7-19(8-6-18)29-21-10-11-27-22-14-17(26)4-9-20(21)22/h4,9-14,18-19,28H,5-8,15H2,1-3H3,(H,27,29). The SMILES string of the molecule is COc1cc(CNC2CCC(Nc3ccnc4cc(Cl)ccc34)CC2)cc(OC)c1OC. The van der Waals surface area contributed by atoms with Gasteiger partial charge in [0.1, 0.15) is 0 Å². The summed E-state index contributed by atoms with van der Waals surface area (Å²) in [7, 11) is 4.90. The van der Waals surface area contributed by atoms with Gasteiger partial charge in [-0.2, -0.15) is 0 Å². The number of hydrogen-bond acceptors (Lipinski definition) is 6. The highest BCUT2D eigenvalue weighted by Gasteiger charge is 2.22. The second kappa shape index (κ2) is 10.3. The predicted molar refractivity (Wildman–Crippen MR) is 129 cm³/mol. The highest BCUT2D eigenvalue weighted by atomic mass is 35.5. The molecule has 1 heterocycles. The Kier molecular flexibility index (Phi) is 7.22. The molecule has 1 aliphatic carbocycles. The molecule has 32 heavy (non-hydrogen) atoms. The number of nitrogens with one attached hydrogen (secondary N) is 2. The Morgan fingerprint density at radius 2 is 1.59 bits per heavy atom. The van der Waals surface area contributed by atoms with E-state index in [-0.39, 0.29) is 0 Å². The minimum atomic E-state index is 0.454. The maximum Gasteiger partial charge on any atom is 0.203 e. The molecule has 0 saturated heterocycles. The number of fused-ring (bicyclic) bond motifs is 1. The van der Waals surface area contributed by atoms with Gasteiger partial charge in [0.15, 0.2) is 11.5 Å². The van der Waals surface area contributed by atoms with E-state index < -0.39 is 0 Å². The zero-order chi connectivity index (χ0) is 22.5. The molecular weight excluding hydrogens is 426 g/mol. The average molecular weight is 456 g/mol. The molecular formula is C25H30ClN3O3. The molecule has 6 nitrogen and oxygen atoms in total. The van der Waals surface area contributed by atoms with Gasteiger partial charge < -0.3 is 24.8 Å². The molecule has 0 bridgehead atoms. The highest BCUT2D eigenvalue weighted by Crippen LogP contribution is 2.38. The Bertz CT molecular complexity index is 1040. The highest BCUT2D eigenvalue weighted by molar-refractivity contribution is 6.31. The van der Waals surface area contributed by atoms with Crippen molar-refractivity contribution in [1.29, 1.82) is 0 Å². The minimum Gasteiger partial charge on any atom is -0.493 e. The maximum atomic E-state index is 6.11. The third-order valence-corrected chi connectivity index (χ3v) is 6.35. The van der Waals surface area contributed by atoms with Crippen molar-refractivity contribution >= 4 is 28.2 Å². The second-order valence-corrected chi connectivity index (χ2v) is 8.56. The summed E-state index contributed by atoms with van der Waals surface area (Å²) in [6.45, 7) is 0.759. The summed E-state index contributed by atoms with van der Waals surface area (Å²) >= 11 is 6.11. The monoisotopic (exact) mass is 455 g/mol. The quantitative estimate of drug-likeness (QED) is 0.472. The fraction of sp³-hybridized carbons (Fsp3) is 0.400. The normalized spacial score (nSPS) is 18.4. The Labute approximate surface area is 194 Å². The van der Waals surface area contributed by atoms with Gasteiger partial charge >= 0.3 is 0 Å². The van der Waals surface area contributed by atoms with E-state index in [1.54, 1.807) is 21.3 Å². The number of rotatable bonds is 8. The lowest BCUT2D eigenvalue weighted by atomic mass is 9.90. The van der Waals surface area contributed by atoms with Gasteiger partial charge in [-0.25, -0.2) is 0 Å². The zero-order valence-electron chi connectivity index (χ0n) is 18.8. The van der Waals surface area contributed by atoms with E-state index in [9.17, 15) is 0 Å². The molecule has 0 amide bonds. The first-order valence-corrected chi connectivity index (χ1v) is 11.3. The van der Waals surface area contributed by atoms with Gasteiger partial charge in [-0.1, -0.05) is 11.6 Å². The smallest absolute Gasteiger partial charge is 0.203 e. The molecule has 7 heteroatoms. The van der Waals surface area contributed by atoms with Crippen LogP contribution >= 0.6 is 11.6 Å². The maximum absolute atomic E-state index is 6.11. The summed E-state index contributed by atoms with van der Waals surface area (Å²) in [6, 6.07) is 12.9. The number of pyridine rings is 1. The largest absolute Gasteiger partial charge is 0.493 e. The number of hydrogen-bond donors (Lipinski definition) is 2. The van der Waals surface area contributed by atoms with Crippen LogP contribution in [0.5, 0.6) is 17.2 Å². The van der Waals surface area contributed by atoms with Gasteiger partial charge in [0, 0.05) is 40.9 Å². The van der Waals surface area contributed by atoms with E-state index in [4.69, 9.17) is 25.8 Å². The molecule has 0 unspecified atom stereocenters. The van der Waals surface area contributed by atoms with Crippen molar-refractivity contribution in [3.05, 3.63) is 53.2 Å². The van der Waals surface area contributed by atoms with Crippen LogP contribution in [0.3, 0.4) is 0 Å². The number of anilines is 1. The van der Waals surface area contributed by atoms with E-state index in [2.05, 4.69) is 15.6 Å². The van der Waals surface area contributed by atoms with Crippen LogP contribution in [-0.4, -0.2) is 38.4 Å². The van der Waals surface area contributed by atoms with Crippen LogP contribution in [0.4, 0.5) is 5.69 Å². The van der Waals surface area contributed by atoms with Gasteiger partial charge in [0.05, 0.1) is 26.8 Å². The van der Waals surface area contributed by atoms with Gasteiger partial charge in [-0.15, -0.1) is 0 Å². The number of benzene rings is 2. The van der Waals surface area contributed by atoms with Crippen LogP contribution in [0.25, 0.3) is 10.9 Å². The van der Waals surface area contributed by atoms with Crippen LogP contribution in [-0.2, 0) is 6.54 Å². The van der Waals surface area contributed by atoms with Gasteiger partial charge in [-0.05, 0) is 67.6 Å².